The largest absolute Gasteiger partial charge is 0.493 e. The lowest BCUT2D eigenvalue weighted by atomic mass is 9.57. The number of amides is 1. The van der Waals surface area contributed by atoms with Crippen LogP contribution in [0.3, 0.4) is 0 Å². The summed E-state index contributed by atoms with van der Waals surface area (Å²) in [6.07, 6.45) is 5.15. The van der Waals surface area contributed by atoms with Gasteiger partial charge in [0, 0.05) is 13.0 Å². The average molecular weight is 413 g/mol. The Morgan fingerprint density at radius 2 is 1.90 bits per heavy atom. The van der Waals surface area contributed by atoms with E-state index >= 15 is 0 Å². The van der Waals surface area contributed by atoms with Crippen LogP contribution in [0.15, 0.2) is 23.8 Å². The third-order valence-corrected chi connectivity index (χ3v) is 7.41. The van der Waals surface area contributed by atoms with E-state index in [4.69, 9.17) is 9.47 Å². The highest BCUT2D eigenvalue weighted by atomic mass is 16.5. The summed E-state index contributed by atoms with van der Waals surface area (Å²) in [6.45, 7) is 5.39. The topological polar surface area (TPSA) is 59.1 Å². The van der Waals surface area contributed by atoms with Gasteiger partial charge in [0.1, 0.15) is 0 Å². The van der Waals surface area contributed by atoms with Crippen LogP contribution < -0.4 is 14.4 Å². The molecule has 3 fully saturated rings. The lowest BCUT2D eigenvalue weighted by Crippen LogP contribution is -2.62. The predicted molar refractivity (Wildman–Crippen MR) is 116 cm³/mol. The van der Waals surface area contributed by atoms with Crippen LogP contribution in [0, 0.1) is 11.3 Å². The number of fused-ring (bicyclic) bond motifs is 6. The normalized spacial score (nSPS) is 30.2. The number of allylic oxidation sites excluding steroid dienone is 2. The Morgan fingerprint density at radius 3 is 2.53 bits per heavy atom. The van der Waals surface area contributed by atoms with E-state index in [9.17, 15) is 9.59 Å². The Kier molecular flexibility index (Phi) is 5.39. The summed E-state index contributed by atoms with van der Waals surface area (Å²) in [5.74, 6) is 1.62. The second-order valence-corrected chi connectivity index (χ2v) is 8.92. The van der Waals surface area contributed by atoms with Crippen molar-refractivity contribution in [1.29, 1.82) is 0 Å². The molecule has 0 N–H and O–H groups in total. The number of Topliss-reactive ketones (excluding diaryl/α,β-unsaturated/α-hetero) is 1. The van der Waals surface area contributed by atoms with Crippen LogP contribution in [-0.2, 0) is 16.0 Å². The maximum atomic E-state index is 14.0. The standard InChI is InChI=1S/C24H32N2O4/c1-6-18-16-7-9-25(3)10-8-24(23(18)28)14-17-11-20(29-4)21(30-5)13-19(17)26(15(2)27)22(24)12-16/h6,11,13,16,22H,7-10,12,14H2,1-5H3/b18-6+/t16-,22-,24-/m0/s1. The summed E-state index contributed by atoms with van der Waals surface area (Å²) in [4.78, 5) is 31.2. The molecule has 4 aliphatic rings. The van der Waals surface area contributed by atoms with E-state index < -0.39 is 5.41 Å². The number of hydrogen-bond acceptors (Lipinski definition) is 5. The van der Waals surface area contributed by atoms with Gasteiger partial charge < -0.3 is 19.3 Å². The van der Waals surface area contributed by atoms with Gasteiger partial charge in [-0.1, -0.05) is 6.08 Å². The molecule has 0 radical (unpaired) electrons. The average Bonchev–Trinajstić information content (AvgIpc) is 2.83. The maximum Gasteiger partial charge on any atom is 0.224 e. The van der Waals surface area contributed by atoms with E-state index in [1.165, 1.54) is 0 Å². The number of anilines is 1. The predicted octanol–water partition coefficient (Wildman–Crippen LogP) is 3.23. The molecular formula is C24H32N2O4. The SMILES string of the molecule is C/C=C1/C(=O)[C@]23CCN(C)CC[C@H]1C[C@@H]2N(C(C)=O)c1cc(OC)c(OC)cc1C3. The highest BCUT2D eigenvalue weighted by Crippen LogP contribution is 2.54. The molecule has 6 nitrogen and oxygen atoms in total. The molecule has 3 heterocycles. The molecule has 5 rings (SSSR count). The molecule has 1 aromatic carbocycles. The number of ether oxygens (including phenoxy) is 2. The lowest BCUT2D eigenvalue weighted by molar-refractivity contribution is -0.131. The molecular weight excluding hydrogens is 380 g/mol. The first-order valence-electron chi connectivity index (χ1n) is 10.8. The van der Waals surface area contributed by atoms with Gasteiger partial charge in [-0.25, -0.2) is 0 Å². The minimum Gasteiger partial charge on any atom is -0.493 e. The van der Waals surface area contributed by atoms with Crippen molar-refractivity contribution in [3.8, 4) is 11.5 Å². The first kappa shape index (κ1) is 20.9. The zero-order chi connectivity index (χ0) is 21.6. The van der Waals surface area contributed by atoms with Gasteiger partial charge in [-0.15, -0.1) is 0 Å². The number of rotatable bonds is 2. The summed E-state index contributed by atoms with van der Waals surface area (Å²) in [5.41, 5.74) is 2.18. The molecule has 0 unspecified atom stereocenters. The molecule has 2 saturated heterocycles. The number of benzene rings is 1. The first-order valence-corrected chi connectivity index (χ1v) is 10.8. The van der Waals surface area contributed by atoms with Crippen molar-refractivity contribution >= 4 is 17.4 Å². The van der Waals surface area contributed by atoms with Gasteiger partial charge >= 0.3 is 0 Å². The van der Waals surface area contributed by atoms with Gasteiger partial charge in [0.15, 0.2) is 17.3 Å². The Balaban J connectivity index is 1.94. The number of ketones is 1. The monoisotopic (exact) mass is 412 g/mol. The molecule has 1 aliphatic carbocycles. The van der Waals surface area contributed by atoms with Crippen molar-refractivity contribution in [3.63, 3.8) is 0 Å². The third kappa shape index (κ3) is 3.04. The molecule has 1 aromatic rings. The zero-order valence-corrected chi connectivity index (χ0v) is 18.7. The van der Waals surface area contributed by atoms with Gasteiger partial charge in [-0.2, -0.15) is 0 Å². The quantitative estimate of drug-likeness (QED) is 0.698. The van der Waals surface area contributed by atoms with Gasteiger partial charge in [-0.3, -0.25) is 9.59 Å². The minimum atomic E-state index is -0.602. The van der Waals surface area contributed by atoms with Crippen molar-refractivity contribution in [1.82, 2.24) is 4.90 Å². The smallest absolute Gasteiger partial charge is 0.224 e. The fourth-order valence-electron chi connectivity index (χ4n) is 5.86. The van der Waals surface area contributed by atoms with Crippen LogP contribution in [0.2, 0.25) is 0 Å². The van der Waals surface area contributed by atoms with E-state index in [0.717, 1.165) is 49.2 Å². The molecule has 1 spiro atoms. The fourth-order valence-corrected chi connectivity index (χ4v) is 5.86. The summed E-state index contributed by atoms with van der Waals surface area (Å²) in [7, 11) is 5.34. The van der Waals surface area contributed by atoms with E-state index in [1.807, 2.05) is 30.0 Å². The van der Waals surface area contributed by atoms with Gasteiger partial charge in [0.2, 0.25) is 5.91 Å². The van der Waals surface area contributed by atoms with Crippen molar-refractivity contribution in [2.75, 3.05) is 39.3 Å². The van der Waals surface area contributed by atoms with Crippen LogP contribution in [-0.4, -0.2) is 57.0 Å². The van der Waals surface area contributed by atoms with E-state index in [0.29, 0.717) is 17.9 Å². The van der Waals surface area contributed by atoms with Crippen molar-refractivity contribution < 1.29 is 19.1 Å². The molecule has 162 valence electrons. The number of carbonyl (C=O) groups excluding carboxylic acids is 2. The van der Waals surface area contributed by atoms with Crippen molar-refractivity contribution in [2.24, 2.45) is 11.3 Å². The Hall–Kier alpha value is -2.34. The number of nitrogens with zero attached hydrogens (tertiary/aromatic N) is 2. The Bertz CT molecular complexity index is 909. The summed E-state index contributed by atoms with van der Waals surface area (Å²) < 4.78 is 11.0. The van der Waals surface area contributed by atoms with Crippen molar-refractivity contribution in [2.45, 2.75) is 45.6 Å². The van der Waals surface area contributed by atoms with Crippen LogP contribution in [0.1, 0.15) is 38.7 Å². The summed E-state index contributed by atoms with van der Waals surface area (Å²) >= 11 is 0. The molecule has 3 aliphatic heterocycles. The van der Waals surface area contributed by atoms with E-state index in [1.54, 1.807) is 21.1 Å². The minimum absolute atomic E-state index is 0.0272. The number of hydrogen-bond donors (Lipinski definition) is 0. The summed E-state index contributed by atoms with van der Waals surface area (Å²) in [5, 5.41) is 0. The second-order valence-electron chi connectivity index (χ2n) is 8.92. The van der Waals surface area contributed by atoms with Crippen LogP contribution in [0.4, 0.5) is 5.69 Å². The third-order valence-electron chi connectivity index (χ3n) is 7.41. The Morgan fingerprint density at radius 1 is 1.20 bits per heavy atom. The van der Waals surface area contributed by atoms with E-state index in [2.05, 4.69) is 11.9 Å². The maximum absolute atomic E-state index is 14.0. The highest BCUT2D eigenvalue weighted by molar-refractivity contribution is 6.05. The Labute approximate surface area is 178 Å². The van der Waals surface area contributed by atoms with Gasteiger partial charge in [0.05, 0.1) is 31.4 Å². The highest BCUT2D eigenvalue weighted by Gasteiger charge is 2.57. The van der Waals surface area contributed by atoms with Crippen LogP contribution in [0.5, 0.6) is 11.5 Å². The molecule has 2 bridgehead atoms. The molecule has 0 aromatic heterocycles. The molecule has 1 amide bonds. The molecule has 6 heteroatoms. The molecule has 30 heavy (non-hydrogen) atoms. The second kappa shape index (κ2) is 7.73. The summed E-state index contributed by atoms with van der Waals surface area (Å²) in [6, 6.07) is 3.71. The number of methoxy groups -OCH3 is 2. The number of carbonyl (C=O) groups is 2. The lowest BCUT2D eigenvalue weighted by Gasteiger charge is -2.53. The van der Waals surface area contributed by atoms with Crippen LogP contribution >= 0.6 is 0 Å². The van der Waals surface area contributed by atoms with E-state index in [-0.39, 0.29) is 23.7 Å². The van der Waals surface area contributed by atoms with Gasteiger partial charge in [-0.05, 0) is 75.9 Å². The fraction of sp³-hybridized carbons (Fsp3) is 0.583. The first-order chi connectivity index (χ1) is 14.4. The zero-order valence-electron chi connectivity index (χ0n) is 18.7. The van der Waals surface area contributed by atoms with Crippen LogP contribution in [0.25, 0.3) is 0 Å². The molecule has 3 atom stereocenters. The molecule has 1 saturated carbocycles. The van der Waals surface area contributed by atoms with Crippen molar-refractivity contribution in [3.05, 3.63) is 29.3 Å². The van der Waals surface area contributed by atoms with Gasteiger partial charge in [0.25, 0.3) is 0 Å².